The molecule has 29 heavy (non-hydrogen) atoms. The van der Waals surface area contributed by atoms with Gasteiger partial charge in [-0.2, -0.15) is 0 Å². The van der Waals surface area contributed by atoms with Crippen molar-refractivity contribution in [2.24, 2.45) is 0 Å². The molecular formula is C22H24N4O2S. The summed E-state index contributed by atoms with van der Waals surface area (Å²) in [7, 11) is 0. The second kappa shape index (κ2) is 7.91. The molecule has 2 amide bonds. The zero-order valence-electron chi connectivity index (χ0n) is 16.9. The number of nitrogens with one attached hydrogen (secondary N) is 1. The fourth-order valence-electron chi connectivity index (χ4n) is 3.75. The predicted octanol–water partition coefficient (Wildman–Crippen LogP) is 3.93. The highest BCUT2D eigenvalue weighted by Gasteiger charge is 2.22. The third kappa shape index (κ3) is 3.74. The van der Waals surface area contributed by atoms with Gasteiger partial charge >= 0.3 is 0 Å². The van der Waals surface area contributed by atoms with Gasteiger partial charge in [-0.05, 0) is 43.5 Å². The lowest BCUT2D eigenvalue weighted by atomic mass is 10.1. The number of aryl methyl sites for hydroxylation is 3. The molecule has 0 atom stereocenters. The van der Waals surface area contributed by atoms with Crippen molar-refractivity contribution in [1.82, 2.24) is 15.3 Å². The molecule has 1 aromatic carbocycles. The number of amides is 2. The van der Waals surface area contributed by atoms with E-state index in [0.717, 1.165) is 57.9 Å². The summed E-state index contributed by atoms with van der Waals surface area (Å²) >= 11 is 1.42. The fraction of sp³-hybridized carbons (Fsp3) is 0.364. The standard InChI is InChI=1S/C22H24N4O2S/c1-4-17-24-14(3)19-13(2)20(29-22(19)25-17)21(28)23-12-15-7-9-16(10-8-15)26-11-5-6-18(26)27/h7-10H,4-6,11-12H2,1-3H3,(H,23,28). The number of benzene rings is 1. The predicted molar refractivity (Wildman–Crippen MR) is 115 cm³/mol. The minimum absolute atomic E-state index is 0.0956. The number of hydrogen-bond donors (Lipinski definition) is 1. The molecule has 1 saturated heterocycles. The minimum atomic E-state index is -0.0956. The highest BCUT2D eigenvalue weighted by atomic mass is 32.1. The van der Waals surface area contributed by atoms with Gasteiger partial charge in [0.2, 0.25) is 5.91 Å². The van der Waals surface area contributed by atoms with Crippen molar-refractivity contribution in [2.75, 3.05) is 11.4 Å². The van der Waals surface area contributed by atoms with Crippen LogP contribution in [0.15, 0.2) is 24.3 Å². The topological polar surface area (TPSA) is 75.2 Å². The second-order valence-electron chi connectivity index (χ2n) is 7.31. The van der Waals surface area contributed by atoms with Crippen LogP contribution < -0.4 is 10.2 Å². The summed E-state index contributed by atoms with van der Waals surface area (Å²) in [5.41, 5.74) is 3.78. The van der Waals surface area contributed by atoms with Crippen LogP contribution in [0.5, 0.6) is 0 Å². The van der Waals surface area contributed by atoms with E-state index in [4.69, 9.17) is 0 Å². The lowest BCUT2D eigenvalue weighted by molar-refractivity contribution is -0.117. The third-order valence-corrected chi connectivity index (χ3v) is 6.50. The summed E-state index contributed by atoms with van der Waals surface area (Å²) < 4.78 is 0. The molecular weight excluding hydrogens is 384 g/mol. The number of carbonyl (C=O) groups is 2. The van der Waals surface area contributed by atoms with Crippen LogP contribution >= 0.6 is 11.3 Å². The summed E-state index contributed by atoms with van der Waals surface area (Å²) in [5.74, 6) is 0.887. The molecule has 3 aromatic rings. The third-order valence-electron chi connectivity index (χ3n) is 5.31. The highest BCUT2D eigenvalue weighted by molar-refractivity contribution is 7.20. The van der Waals surface area contributed by atoms with Gasteiger partial charge in [-0.15, -0.1) is 11.3 Å². The number of carbonyl (C=O) groups excluding carboxylic acids is 2. The van der Waals surface area contributed by atoms with E-state index in [2.05, 4.69) is 15.3 Å². The molecule has 1 fully saturated rings. The van der Waals surface area contributed by atoms with Crippen molar-refractivity contribution < 1.29 is 9.59 Å². The van der Waals surface area contributed by atoms with Crippen molar-refractivity contribution in [3.05, 3.63) is 51.8 Å². The summed E-state index contributed by atoms with van der Waals surface area (Å²) in [6.07, 6.45) is 2.30. The summed E-state index contributed by atoms with van der Waals surface area (Å²) in [6.45, 7) is 7.17. The Morgan fingerprint density at radius 2 is 1.97 bits per heavy atom. The normalized spacial score (nSPS) is 14.0. The Hall–Kier alpha value is -2.80. The lowest BCUT2D eigenvalue weighted by Gasteiger charge is -2.16. The van der Waals surface area contributed by atoms with E-state index in [1.165, 1.54) is 11.3 Å². The van der Waals surface area contributed by atoms with Crippen molar-refractivity contribution in [3.8, 4) is 0 Å². The van der Waals surface area contributed by atoms with E-state index >= 15 is 0 Å². The monoisotopic (exact) mass is 408 g/mol. The molecule has 1 aliphatic heterocycles. The average molecular weight is 409 g/mol. The largest absolute Gasteiger partial charge is 0.347 e. The van der Waals surface area contributed by atoms with Crippen LogP contribution in [0.25, 0.3) is 10.2 Å². The first-order valence-corrected chi connectivity index (χ1v) is 10.7. The smallest absolute Gasteiger partial charge is 0.261 e. The van der Waals surface area contributed by atoms with Crippen LogP contribution in [-0.2, 0) is 17.8 Å². The maximum absolute atomic E-state index is 12.8. The molecule has 0 spiro atoms. The van der Waals surface area contributed by atoms with Crippen LogP contribution in [0.1, 0.15) is 52.1 Å². The maximum atomic E-state index is 12.8. The molecule has 2 aromatic heterocycles. The number of aromatic nitrogens is 2. The van der Waals surface area contributed by atoms with E-state index in [0.29, 0.717) is 17.8 Å². The van der Waals surface area contributed by atoms with Crippen molar-refractivity contribution >= 4 is 39.1 Å². The highest BCUT2D eigenvalue weighted by Crippen LogP contribution is 2.31. The van der Waals surface area contributed by atoms with Gasteiger partial charge < -0.3 is 10.2 Å². The minimum Gasteiger partial charge on any atom is -0.347 e. The number of nitrogens with zero attached hydrogens (tertiary/aromatic N) is 3. The van der Waals surface area contributed by atoms with Gasteiger partial charge in [0.05, 0.1) is 4.88 Å². The Balaban J connectivity index is 1.48. The summed E-state index contributed by atoms with van der Waals surface area (Å²) in [6, 6.07) is 7.81. The second-order valence-corrected chi connectivity index (χ2v) is 8.31. The van der Waals surface area contributed by atoms with Crippen LogP contribution in [0, 0.1) is 13.8 Å². The van der Waals surface area contributed by atoms with Gasteiger partial charge in [0, 0.05) is 42.7 Å². The van der Waals surface area contributed by atoms with E-state index in [9.17, 15) is 9.59 Å². The molecule has 0 bridgehead atoms. The molecule has 0 saturated carbocycles. The van der Waals surface area contributed by atoms with Gasteiger partial charge in [0.25, 0.3) is 5.91 Å². The molecule has 150 valence electrons. The van der Waals surface area contributed by atoms with Crippen molar-refractivity contribution in [2.45, 2.75) is 46.6 Å². The molecule has 0 radical (unpaired) electrons. The molecule has 0 aliphatic carbocycles. The number of hydrogen-bond acceptors (Lipinski definition) is 5. The Morgan fingerprint density at radius 1 is 1.21 bits per heavy atom. The van der Waals surface area contributed by atoms with Crippen LogP contribution in [0.4, 0.5) is 5.69 Å². The molecule has 1 N–H and O–H groups in total. The van der Waals surface area contributed by atoms with Crippen LogP contribution in [0.2, 0.25) is 0 Å². The van der Waals surface area contributed by atoms with Crippen LogP contribution in [-0.4, -0.2) is 28.3 Å². The Morgan fingerprint density at radius 3 is 2.62 bits per heavy atom. The van der Waals surface area contributed by atoms with Crippen molar-refractivity contribution in [3.63, 3.8) is 0 Å². The summed E-state index contributed by atoms with van der Waals surface area (Å²) in [4.78, 5) is 37.1. The zero-order chi connectivity index (χ0) is 20.5. The fourth-order valence-corrected chi connectivity index (χ4v) is 4.91. The van der Waals surface area contributed by atoms with Gasteiger partial charge in [-0.25, -0.2) is 9.97 Å². The molecule has 3 heterocycles. The zero-order valence-corrected chi connectivity index (χ0v) is 17.7. The number of rotatable bonds is 5. The molecule has 0 unspecified atom stereocenters. The Kier molecular flexibility index (Phi) is 5.32. The molecule has 7 heteroatoms. The van der Waals surface area contributed by atoms with E-state index in [-0.39, 0.29) is 11.8 Å². The Labute approximate surface area is 174 Å². The summed E-state index contributed by atoms with van der Waals surface area (Å²) in [5, 5.41) is 3.99. The van der Waals surface area contributed by atoms with E-state index < -0.39 is 0 Å². The molecule has 4 rings (SSSR count). The van der Waals surface area contributed by atoms with Gasteiger partial charge in [-0.1, -0.05) is 19.1 Å². The van der Waals surface area contributed by atoms with Gasteiger partial charge in [0.1, 0.15) is 10.7 Å². The van der Waals surface area contributed by atoms with E-state index in [1.807, 2.05) is 49.9 Å². The first-order chi connectivity index (χ1) is 14.0. The lowest BCUT2D eigenvalue weighted by Crippen LogP contribution is -2.24. The Bertz CT molecular complexity index is 1090. The quantitative estimate of drug-likeness (QED) is 0.694. The first kappa shape index (κ1) is 19.5. The molecule has 1 aliphatic rings. The average Bonchev–Trinajstić information content (AvgIpc) is 3.29. The molecule has 6 nitrogen and oxygen atoms in total. The SMILES string of the molecule is CCc1nc(C)c2c(C)c(C(=O)NCc3ccc(N4CCCC4=O)cc3)sc2n1. The number of fused-ring (bicyclic) bond motifs is 1. The van der Waals surface area contributed by atoms with Gasteiger partial charge in [-0.3, -0.25) is 9.59 Å². The number of anilines is 1. The number of thiophene rings is 1. The van der Waals surface area contributed by atoms with E-state index in [1.54, 1.807) is 0 Å². The maximum Gasteiger partial charge on any atom is 0.261 e. The first-order valence-electron chi connectivity index (χ1n) is 9.92. The van der Waals surface area contributed by atoms with Crippen LogP contribution in [0.3, 0.4) is 0 Å². The van der Waals surface area contributed by atoms with Gasteiger partial charge in [0.15, 0.2) is 0 Å². The van der Waals surface area contributed by atoms with Crippen molar-refractivity contribution in [1.29, 1.82) is 0 Å².